The van der Waals surface area contributed by atoms with Gasteiger partial charge in [-0.1, -0.05) is 30.3 Å². The number of piperidine rings is 1. The molecule has 2 aromatic rings. The molecule has 6 heteroatoms. The molecule has 1 aliphatic rings. The molecule has 5 nitrogen and oxygen atoms in total. The summed E-state index contributed by atoms with van der Waals surface area (Å²) < 4.78 is 19.2. The highest BCUT2D eigenvalue weighted by Crippen LogP contribution is 2.20. The lowest BCUT2D eigenvalue weighted by atomic mass is 10.0. The van der Waals surface area contributed by atoms with Gasteiger partial charge in [-0.05, 0) is 17.7 Å². The lowest BCUT2D eigenvalue weighted by Gasteiger charge is -2.33. The van der Waals surface area contributed by atoms with Gasteiger partial charge in [0.25, 0.3) is 11.8 Å². The zero-order chi connectivity index (χ0) is 17.6. The van der Waals surface area contributed by atoms with Crippen LogP contribution in [0.5, 0.6) is 5.88 Å². The van der Waals surface area contributed by atoms with Crippen LogP contribution in [-0.2, 0) is 11.2 Å². The van der Waals surface area contributed by atoms with Crippen molar-refractivity contribution in [3.63, 3.8) is 0 Å². The number of likely N-dealkylation sites (tertiary alicyclic amines) is 1. The van der Waals surface area contributed by atoms with Crippen LogP contribution in [-0.4, -0.2) is 46.2 Å². The molecule has 25 heavy (non-hydrogen) atoms. The van der Waals surface area contributed by atoms with Crippen LogP contribution < -0.4 is 4.74 Å². The van der Waals surface area contributed by atoms with Crippen LogP contribution in [0.25, 0.3) is 0 Å². The third-order valence-electron chi connectivity index (χ3n) is 4.31. The van der Waals surface area contributed by atoms with Gasteiger partial charge in [-0.25, -0.2) is 9.37 Å². The van der Waals surface area contributed by atoms with Gasteiger partial charge in [-0.2, -0.15) is 0 Å². The number of halogens is 1. The second-order valence-corrected chi connectivity index (χ2v) is 6.14. The Kier molecular flexibility index (Phi) is 5.60. The second kappa shape index (κ2) is 8.07. The number of ether oxygens (including phenoxy) is 1. The molecule has 0 saturated carbocycles. The van der Waals surface area contributed by atoms with Crippen molar-refractivity contribution in [1.82, 2.24) is 9.88 Å². The van der Waals surface area contributed by atoms with Gasteiger partial charge in [0.15, 0.2) is 5.82 Å². The van der Waals surface area contributed by atoms with Crippen LogP contribution in [0.2, 0.25) is 0 Å². The number of benzene rings is 1. The monoisotopic (exact) mass is 344 g/mol. The van der Waals surface area contributed by atoms with E-state index in [4.69, 9.17) is 4.74 Å². The highest BCUT2D eigenvalue weighted by Gasteiger charge is 2.28. The molecule has 0 bridgehead atoms. The predicted octanol–water partition coefficient (Wildman–Crippen LogP) is 2.19. The quantitative estimate of drug-likeness (QED) is 0.903. The van der Waals surface area contributed by atoms with Crippen molar-refractivity contribution < 1.29 is 19.0 Å². The van der Waals surface area contributed by atoms with E-state index >= 15 is 0 Å². The molecule has 0 radical (unpaired) electrons. The van der Waals surface area contributed by atoms with E-state index in [1.807, 2.05) is 30.3 Å². The Hall–Kier alpha value is -2.47. The smallest absolute Gasteiger partial charge is 0.251 e. The van der Waals surface area contributed by atoms with Gasteiger partial charge in [-0.3, -0.25) is 4.79 Å². The number of nitrogens with zero attached hydrogens (tertiary/aromatic N) is 2. The molecule has 1 amide bonds. The second-order valence-electron chi connectivity index (χ2n) is 6.14. The van der Waals surface area contributed by atoms with Gasteiger partial charge in [0, 0.05) is 38.5 Å². The number of aromatic nitrogens is 1. The lowest BCUT2D eigenvalue weighted by Crippen LogP contribution is -2.46. The number of hydrogen-bond donors (Lipinski definition) is 1. The van der Waals surface area contributed by atoms with Crippen molar-refractivity contribution in [2.24, 2.45) is 0 Å². The minimum atomic E-state index is -1.05. The largest absolute Gasteiger partial charge is 0.472 e. The molecule has 0 aliphatic carbocycles. The van der Waals surface area contributed by atoms with Crippen LogP contribution in [0, 0.1) is 5.82 Å². The van der Waals surface area contributed by atoms with E-state index in [2.05, 4.69) is 4.98 Å². The summed E-state index contributed by atoms with van der Waals surface area (Å²) >= 11 is 0. The zero-order valence-electron chi connectivity index (χ0n) is 13.8. The first-order valence-electron chi connectivity index (χ1n) is 8.41. The Balaban J connectivity index is 1.50. The Morgan fingerprint density at radius 3 is 2.64 bits per heavy atom. The van der Waals surface area contributed by atoms with E-state index in [0.717, 1.165) is 5.56 Å². The molecular weight excluding hydrogens is 323 g/mol. The van der Waals surface area contributed by atoms with E-state index < -0.39 is 11.9 Å². The molecule has 1 atom stereocenters. The third-order valence-corrected chi connectivity index (χ3v) is 4.31. The minimum absolute atomic E-state index is 0.00334. The van der Waals surface area contributed by atoms with Crippen molar-refractivity contribution in [2.45, 2.75) is 31.5 Å². The summed E-state index contributed by atoms with van der Waals surface area (Å²) in [4.78, 5) is 17.9. The SMILES string of the molecule is O=C([C@@H](O)Cc1ccccc1)N1CCC(Oc2ncccc2F)CC1. The van der Waals surface area contributed by atoms with E-state index in [-0.39, 0.29) is 17.9 Å². The van der Waals surface area contributed by atoms with Crippen LogP contribution in [0.4, 0.5) is 4.39 Å². The molecule has 1 N–H and O–H groups in total. The molecule has 1 aliphatic heterocycles. The highest BCUT2D eigenvalue weighted by molar-refractivity contribution is 5.81. The number of aliphatic hydroxyl groups excluding tert-OH is 1. The molecule has 3 rings (SSSR count). The van der Waals surface area contributed by atoms with Crippen molar-refractivity contribution >= 4 is 5.91 Å². The number of aliphatic hydroxyl groups is 1. The van der Waals surface area contributed by atoms with Crippen molar-refractivity contribution in [1.29, 1.82) is 0 Å². The minimum Gasteiger partial charge on any atom is -0.472 e. The van der Waals surface area contributed by atoms with Gasteiger partial charge in [0.1, 0.15) is 12.2 Å². The molecule has 132 valence electrons. The van der Waals surface area contributed by atoms with Gasteiger partial charge in [0.05, 0.1) is 0 Å². The van der Waals surface area contributed by atoms with Gasteiger partial charge < -0.3 is 14.7 Å². The lowest BCUT2D eigenvalue weighted by molar-refractivity contribution is -0.142. The predicted molar refractivity (Wildman–Crippen MR) is 90.6 cm³/mol. The molecule has 1 aromatic heterocycles. The van der Waals surface area contributed by atoms with E-state index in [9.17, 15) is 14.3 Å². The summed E-state index contributed by atoms with van der Waals surface area (Å²) in [5.74, 6) is -0.762. The van der Waals surface area contributed by atoms with Gasteiger partial charge >= 0.3 is 0 Å². The molecule has 1 saturated heterocycles. The number of carbonyl (C=O) groups is 1. The normalized spacial score (nSPS) is 16.5. The zero-order valence-corrected chi connectivity index (χ0v) is 13.8. The average Bonchev–Trinajstić information content (AvgIpc) is 2.64. The fraction of sp³-hybridized carbons (Fsp3) is 0.368. The standard InChI is InChI=1S/C19H21FN2O3/c20-16-7-4-10-21-18(16)25-15-8-11-22(12-9-15)19(24)17(23)13-14-5-2-1-3-6-14/h1-7,10,15,17,23H,8-9,11-13H2/t17-/m0/s1. The Morgan fingerprint density at radius 2 is 1.96 bits per heavy atom. The molecule has 1 aromatic carbocycles. The Morgan fingerprint density at radius 1 is 1.24 bits per heavy atom. The Labute approximate surface area is 146 Å². The summed E-state index contributed by atoms with van der Waals surface area (Å²) in [5.41, 5.74) is 0.923. The van der Waals surface area contributed by atoms with Crippen LogP contribution in [0.15, 0.2) is 48.7 Å². The van der Waals surface area contributed by atoms with E-state index in [1.165, 1.54) is 18.3 Å². The topological polar surface area (TPSA) is 62.7 Å². The van der Waals surface area contributed by atoms with Crippen molar-refractivity contribution in [3.05, 3.63) is 60.0 Å². The summed E-state index contributed by atoms with van der Waals surface area (Å²) in [7, 11) is 0. The summed E-state index contributed by atoms with van der Waals surface area (Å²) in [6.45, 7) is 0.952. The number of pyridine rings is 1. The van der Waals surface area contributed by atoms with E-state index in [0.29, 0.717) is 32.4 Å². The highest BCUT2D eigenvalue weighted by atomic mass is 19.1. The first kappa shape index (κ1) is 17.4. The fourth-order valence-electron chi connectivity index (χ4n) is 2.95. The van der Waals surface area contributed by atoms with Crippen LogP contribution in [0.3, 0.4) is 0 Å². The fourth-order valence-corrected chi connectivity index (χ4v) is 2.95. The van der Waals surface area contributed by atoms with Crippen molar-refractivity contribution in [2.75, 3.05) is 13.1 Å². The average molecular weight is 344 g/mol. The maximum atomic E-state index is 13.6. The van der Waals surface area contributed by atoms with Gasteiger partial charge in [0.2, 0.25) is 0 Å². The maximum Gasteiger partial charge on any atom is 0.251 e. The Bertz CT molecular complexity index is 703. The number of rotatable bonds is 5. The molecule has 0 spiro atoms. The molecule has 1 fully saturated rings. The van der Waals surface area contributed by atoms with Gasteiger partial charge in [-0.15, -0.1) is 0 Å². The number of hydrogen-bond acceptors (Lipinski definition) is 4. The van der Waals surface area contributed by atoms with Crippen molar-refractivity contribution in [3.8, 4) is 5.88 Å². The summed E-state index contributed by atoms with van der Waals surface area (Å²) in [6.07, 6.45) is 1.72. The first-order chi connectivity index (χ1) is 12.1. The number of carbonyl (C=O) groups excluding carboxylic acids is 1. The third kappa shape index (κ3) is 4.54. The molecule has 2 heterocycles. The molecular formula is C19H21FN2O3. The summed E-state index contributed by atoms with van der Waals surface area (Å²) in [6, 6.07) is 12.2. The van der Waals surface area contributed by atoms with Crippen LogP contribution in [0.1, 0.15) is 18.4 Å². The maximum absolute atomic E-state index is 13.6. The summed E-state index contributed by atoms with van der Waals surface area (Å²) in [5, 5.41) is 10.2. The number of amides is 1. The molecule has 0 unspecified atom stereocenters. The van der Waals surface area contributed by atoms with Crippen LogP contribution >= 0.6 is 0 Å². The first-order valence-corrected chi connectivity index (χ1v) is 8.41. The van der Waals surface area contributed by atoms with E-state index in [1.54, 1.807) is 4.90 Å².